The number of aliphatic carboxylic acids is 2. The van der Waals surface area contributed by atoms with Crippen molar-refractivity contribution in [1.82, 2.24) is 30.5 Å². The summed E-state index contributed by atoms with van der Waals surface area (Å²) in [6.07, 6.45) is 0.900. The molecule has 5 amide bonds. The number of nitrogens with two attached hydrogens (primary N) is 1. The molecule has 1 aliphatic carbocycles. The van der Waals surface area contributed by atoms with Gasteiger partial charge in [-0.25, -0.2) is 24.4 Å². The Kier molecular flexibility index (Phi) is 8.15. The number of phenols is 2. The van der Waals surface area contributed by atoms with E-state index in [0.29, 0.717) is 6.42 Å². The van der Waals surface area contributed by atoms with Gasteiger partial charge < -0.3 is 41.2 Å². The lowest BCUT2D eigenvalue weighted by Gasteiger charge is -2.41. The summed E-state index contributed by atoms with van der Waals surface area (Å²) < 4.78 is 0. The van der Waals surface area contributed by atoms with Crippen molar-refractivity contribution in [3.63, 3.8) is 0 Å². The topological polar surface area (TPSA) is 278 Å². The Bertz CT molecular complexity index is 1800. The van der Waals surface area contributed by atoms with Gasteiger partial charge in [0.15, 0.2) is 22.3 Å². The minimum Gasteiger partial charge on any atom is -0.504 e. The number of aromatic hydroxyl groups is 2. The number of urea groups is 1. The number of carbonyl (C=O) groups excluding carboxylic acids is 4. The molecule has 19 nitrogen and oxygen atoms in total. The highest BCUT2D eigenvalue weighted by Crippen LogP contribution is 2.49. The molecule has 0 spiro atoms. The van der Waals surface area contributed by atoms with Crippen molar-refractivity contribution in [3.05, 3.63) is 33.8 Å². The summed E-state index contributed by atoms with van der Waals surface area (Å²) in [7, 11) is 0. The van der Waals surface area contributed by atoms with Crippen LogP contribution in [-0.2, 0) is 24.0 Å². The van der Waals surface area contributed by atoms with E-state index in [9.17, 15) is 49.2 Å². The lowest BCUT2D eigenvalue weighted by Crippen LogP contribution is -2.68. The first kappa shape index (κ1) is 32.9. The second-order valence-corrected chi connectivity index (χ2v) is 13.8. The van der Waals surface area contributed by atoms with Crippen LogP contribution in [0.4, 0.5) is 9.93 Å². The Hall–Kier alpha value is -5.02. The van der Waals surface area contributed by atoms with E-state index in [-0.39, 0.29) is 42.3 Å². The SMILES string of the molecule is Nc1nc(/C(=N/OC2(C(=O)O)CCC2)C(=O)NC2C(=O)N3CC(C(=O)O)(N4CCN(NC(=O)c5ccc(O)c(O)c5Cl)C4=O)S[C@H]23)cs1. The lowest BCUT2D eigenvalue weighted by molar-refractivity contribution is -0.178. The summed E-state index contributed by atoms with van der Waals surface area (Å²) in [5.74, 6) is -6.57. The van der Waals surface area contributed by atoms with Gasteiger partial charge in [0.2, 0.25) is 16.4 Å². The van der Waals surface area contributed by atoms with Crippen LogP contribution < -0.4 is 16.5 Å². The molecule has 0 bridgehead atoms. The maximum Gasteiger partial charge on any atom is 0.350 e. The molecule has 2 unspecified atom stereocenters. The first-order valence-corrected chi connectivity index (χ1v) is 16.2. The van der Waals surface area contributed by atoms with Gasteiger partial charge >= 0.3 is 18.0 Å². The van der Waals surface area contributed by atoms with E-state index in [4.69, 9.17) is 22.2 Å². The molecule has 4 heterocycles. The number of phenolic OH excluding ortho intramolecular Hbond substituents is 2. The van der Waals surface area contributed by atoms with Crippen LogP contribution in [0.25, 0.3) is 0 Å². The van der Waals surface area contributed by atoms with Crippen LogP contribution >= 0.6 is 34.7 Å². The van der Waals surface area contributed by atoms with Gasteiger partial charge in [-0.3, -0.25) is 24.7 Å². The summed E-state index contributed by atoms with van der Waals surface area (Å²) >= 11 is 7.66. The number of nitrogens with one attached hydrogen (secondary N) is 2. The number of benzene rings is 1. The number of hydrogen-bond acceptors (Lipinski definition) is 14. The number of nitrogens with zero attached hydrogens (tertiary/aromatic N) is 5. The van der Waals surface area contributed by atoms with E-state index < -0.39 is 86.4 Å². The fraction of sp³-hybridized carbons (Fsp3) is 0.385. The fourth-order valence-corrected chi connectivity index (χ4v) is 7.91. The lowest BCUT2D eigenvalue weighted by atomic mass is 9.80. The summed E-state index contributed by atoms with van der Waals surface area (Å²) in [5.41, 5.74) is 5.64. The molecular weight excluding hydrogens is 700 g/mol. The number of aromatic nitrogens is 1. The minimum absolute atomic E-state index is 0.0361. The summed E-state index contributed by atoms with van der Waals surface area (Å²) in [6.45, 7) is -0.777. The number of thiazole rings is 1. The van der Waals surface area contributed by atoms with Crippen molar-refractivity contribution in [2.75, 3.05) is 25.4 Å². The number of amides is 5. The van der Waals surface area contributed by atoms with Crippen LogP contribution in [0.1, 0.15) is 35.3 Å². The Morgan fingerprint density at radius 2 is 1.85 bits per heavy atom. The molecule has 254 valence electrons. The molecule has 22 heteroatoms. The molecule has 3 saturated heterocycles. The Morgan fingerprint density at radius 3 is 2.46 bits per heavy atom. The van der Waals surface area contributed by atoms with Gasteiger partial charge in [0.25, 0.3) is 11.8 Å². The smallest absolute Gasteiger partial charge is 0.350 e. The minimum atomic E-state index is -2.01. The third-order valence-corrected chi connectivity index (χ3v) is 11.1. The number of fused-ring (bicyclic) bond motifs is 1. The van der Waals surface area contributed by atoms with Crippen LogP contribution in [0.5, 0.6) is 11.5 Å². The van der Waals surface area contributed by atoms with Crippen LogP contribution in [0.15, 0.2) is 22.7 Å². The van der Waals surface area contributed by atoms with E-state index in [1.807, 2.05) is 0 Å². The molecule has 8 N–H and O–H groups in total. The predicted octanol–water partition coefficient (Wildman–Crippen LogP) is -0.219. The highest BCUT2D eigenvalue weighted by molar-refractivity contribution is 8.02. The van der Waals surface area contributed by atoms with Gasteiger partial charge in [0.05, 0.1) is 23.7 Å². The van der Waals surface area contributed by atoms with Crippen LogP contribution in [0, 0.1) is 0 Å². The molecule has 3 aliphatic heterocycles. The fourth-order valence-electron chi connectivity index (χ4n) is 5.48. The molecule has 4 aliphatic rings. The number of halogens is 1. The van der Waals surface area contributed by atoms with E-state index in [0.717, 1.165) is 45.1 Å². The van der Waals surface area contributed by atoms with Gasteiger partial charge in [-0.2, -0.15) is 0 Å². The van der Waals surface area contributed by atoms with Crippen molar-refractivity contribution >= 4 is 81.2 Å². The Labute approximate surface area is 282 Å². The first-order chi connectivity index (χ1) is 22.7. The third kappa shape index (κ3) is 5.22. The van der Waals surface area contributed by atoms with Crippen molar-refractivity contribution in [3.8, 4) is 11.5 Å². The van der Waals surface area contributed by atoms with Gasteiger partial charge in [-0.1, -0.05) is 28.5 Å². The predicted molar refractivity (Wildman–Crippen MR) is 165 cm³/mol. The average molecular weight is 725 g/mol. The number of rotatable bonds is 10. The molecule has 48 heavy (non-hydrogen) atoms. The Balaban J connectivity index is 1.17. The molecular formula is C26H25ClN8O11S2. The number of nitrogen functional groups attached to an aromatic ring is 1. The van der Waals surface area contributed by atoms with Crippen molar-refractivity contribution in [2.45, 2.75) is 41.2 Å². The molecule has 0 radical (unpaired) electrons. The number of carboxylic acids is 2. The number of anilines is 1. The van der Waals surface area contributed by atoms with Gasteiger partial charge in [0, 0.05) is 24.8 Å². The zero-order chi connectivity index (χ0) is 34.7. The van der Waals surface area contributed by atoms with E-state index >= 15 is 0 Å². The number of carboxylic acid groups (broad SMARTS) is 2. The number of β-lactam (4-membered cyclic amide) rings is 1. The summed E-state index contributed by atoms with van der Waals surface area (Å²) in [6, 6.07) is -0.0390. The van der Waals surface area contributed by atoms with E-state index in [2.05, 4.69) is 20.9 Å². The molecule has 1 saturated carbocycles. The zero-order valence-electron chi connectivity index (χ0n) is 24.3. The quantitative estimate of drug-likeness (QED) is 0.0722. The maximum absolute atomic E-state index is 13.4. The maximum atomic E-state index is 13.4. The molecule has 3 atom stereocenters. The zero-order valence-corrected chi connectivity index (χ0v) is 26.7. The van der Waals surface area contributed by atoms with Crippen LogP contribution in [-0.4, -0.2) is 123 Å². The number of thioether (sulfide) groups is 1. The van der Waals surface area contributed by atoms with Gasteiger partial charge in [0.1, 0.15) is 17.1 Å². The monoisotopic (exact) mass is 724 g/mol. The van der Waals surface area contributed by atoms with Crippen molar-refractivity contribution in [1.29, 1.82) is 0 Å². The second kappa shape index (κ2) is 11.9. The second-order valence-electron chi connectivity index (χ2n) is 11.1. The number of hydrazine groups is 1. The third-order valence-electron chi connectivity index (χ3n) is 8.33. The highest BCUT2D eigenvalue weighted by Gasteiger charge is 2.66. The van der Waals surface area contributed by atoms with E-state index in [1.54, 1.807) is 0 Å². The summed E-state index contributed by atoms with van der Waals surface area (Å²) in [4.78, 5) is 86.7. The van der Waals surface area contributed by atoms with Gasteiger partial charge in [-0.15, -0.1) is 11.3 Å². The van der Waals surface area contributed by atoms with Crippen LogP contribution in [0.2, 0.25) is 5.02 Å². The van der Waals surface area contributed by atoms with Crippen molar-refractivity contribution in [2.24, 2.45) is 5.16 Å². The average Bonchev–Trinajstić information content (AvgIpc) is 3.71. The highest BCUT2D eigenvalue weighted by atomic mass is 35.5. The first-order valence-electron chi connectivity index (χ1n) is 14.0. The Morgan fingerprint density at radius 1 is 1.12 bits per heavy atom. The van der Waals surface area contributed by atoms with E-state index in [1.165, 1.54) is 10.3 Å². The van der Waals surface area contributed by atoms with Crippen molar-refractivity contribution < 1.29 is 54.0 Å². The van der Waals surface area contributed by atoms with Crippen LogP contribution in [0.3, 0.4) is 0 Å². The molecule has 1 aromatic heterocycles. The molecule has 2 aromatic rings. The normalized spacial score (nSPS) is 24.4. The number of carbonyl (C=O) groups is 6. The molecule has 1 aromatic carbocycles. The number of oxime groups is 1. The van der Waals surface area contributed by atoms with Gasteiger partial charge in [-0.05, 0) is 18.6 Å². The molecule has 4 fully saturated rings. The largest absolute Gasteiger partial charge is 0.504 e. The summed E-state index contributed by atoms with van der Waals surface area (Å²) in [5, 5.41) is 46.5. The number of hydrogen-bond donors (Lipinski definition) is 7. The standard InChI is InChI=1S/C26H25ClN8O11S2/c27-13-10(2-3-12(36)16(13)37)17(38)31-35-7-6-34(24(35)45)26(22(43)44)9-33-19(40)15(20(33)48-26)30-18(39)14(11-8-47-23(28)29-11)32-46-25(21(41)42)4-1-5-25/h2-3,8,15,20,36-37H,1,4-7,9H2,(H2,28,29)(H,30,39)(H,31,38)(H,41,42)(H,43,44)/b32-14-/t15?,20-,26?/m1/s1. The molecule has 6 rings (SSSR count).